The zero-order valence-electron chi connectivity index (χ0n) is 10.7. The molecule has 0 aliphatic carbocycles. The molecular formula is C11H21N5O. The van der Waals surface area contributed by atoms with Crippen molar-refractivity contribution < 1.29 is 4.79 Å². The van der Waals surface area contributed by atoms with Gasteiger partial charge >= 0.3 is 0 Å². The Kier molecular flexibility index (Phi) is 5.62. The van der Waals surface area contributed by atoms with Gasteiger partial charge in [0.05, 0.1) is 5.69 Å². The molecule has 6 nitrogen and oxygen atoms in total. The fraction of sp³-hybridized carbons (Fsp3) is 0.727. The quantitative estimate of drug-likeness (QED) is 0.665. The predicted molar refractivity (Wildman–Crippen MR) is 65.3 cm³/mol. The largest absolute Gasteiger partial charge is 0.356 e. The summed E-state index contributed by atoms with van der Waals surface area (Å²) in [5, 5.41) is 13.9. The molecular weight excluding hydrogens is 218 g/mol. The molecule has 0 atom stereocenters. The first kappa shape index (κ1) is 13.6. The summed E-state index contributed by atoms with van der Waals surface area (Å²) in [6.07, 6.45) is 2.78. The van der Waals surface area contributed by atoms with Gasteiger partial charge in [0.25, 0.3) is 0 Å². The van der Waals surface area contributed by atoms with Crippen LogP contribution < -0.4 is 10.6 Å². The minimum absolute atomic E-state index is 0.0450. The minimum atomic E-state index is 0.0450. The summed E-state index contributed by atoms with van der Waals surface area (Å²) in [5.74, 6) is 0.142. The molecule has 1 aromatic rings. The maximum absolute atomic E-state index is 11.3. The van der Waals surface area contributed by atoms with Gasteiger partial charge in [0.15, 0.2) is 0 Å². The predicted octanol–water partition coefficient (Wildman–Crippen LogP) is 0.160. The van der Waals surface area contributed by atoms with Crippen LogP contribution in [0.1, 0.15) is 26.0 Å². The smallest absolute Gasteiger partial charge is 0.222 e. The maximum Gasteiger partial charge on any atom is 0.222 e. The number of hydrogen-bond acceptors (Lipinski definition) is 4. The van der Waals surface area contributed by atoms with Gasteiger partial charge < -0.3 is 10.6 Å². The van der Waals surface area contributed by atoms with Gasteiger partial charge in [-0.15, -0.1) is 5.10 Å². The number of nitrogens with zero attached hydrogens (tertiary/aromatic N) is 3. The average molecular weight is 239 g/mol. The Morgan fingerprint density at radius 1 is 1.53 bits per heavy atom. The Bertz CT molecular complexity index is 347. The monoisotopic (exact) mass is 239 g/mol. The van der Waals surface area contributed by atoms with E-state index in [1.54, 1.807) is 4.68 Å². The summed E-state index contributed by atoms with van der Waals surface area (Å²) >= 11 is 0. The SMILES string of the molecule is CNCc1cn(CCCNC(=O)C(C)C)nn1. The van der Waals surface area contributed by atoms with Crippen LogP contribution in [0.5, 0.6) is 0 Å². The minimum Gasteiger partial charge on any atom is -0.356 e. The van der Waals surface area contributed by atoms with E-state index in [0.29, 0.717) is 6.54 Å². The molecule has 0 aliphatic rings. The van der Waals surface area contributed by atoms with Crippen LogP contribution in [0.25, 0.3) is 0 Å². The molecule has 0 saturated heterocycles. The number of carbonyl (C=O) groups excluding carboxylic acids is 1. The summed E-state index contributed by atoms with van der Waals surface area (Å²) in [6.45, 7) is 5.95. The van der Waals surface area contributed by atoms with Crippen molar-refractivity contribution in [3.63, 3.8) is 0 Å². The Morgan fingerprint density at radius 3 is 2.94 bits per heavy atom. The highest BCUT2D eigenvalue weighted by atomic mass is 16.1. The molecule has 0 radical (unpaired) electrons. The van der Waals surface area contributed by atoms with Crippen molar-refractivity contribution in [1.82, 2.24) is 25.6 Å². The van der Waals surface area contributed by atoms with Crippen LogP contribution in [-0.4, -0.2) is 34.5 Å². The molecule has 6 heteroatoms. The lowest BCUT2D eigenvalue weighted by molar-refractivity contribution is -0.123. The van der Waals surface area contributed by atoms with Crippen LogP contribution in [0.15, 0.2) is 6.20 Å². The van der Waals surface area contributed by atoms with Gasteiger partial charge in [-0.1, -0.05) is 19.1 Å². The Balaban J connectivity index is 2.19. The van der Waals surface area contributed by atoms with Crippen molar-refractivity contribution in [2.24, 2.45) is 5.92 Å². The zero-order chi connectivity index (χ0) is 12.7. The Hall–Kier alpha value is -1.43. The lowest BCUT2D eigenvalue weighted by Crippen LogP contribution is -2.29. The Morgan fingerprint density at radius 2 is 2.29 bits per heavy atom. The van der Waals surface area contributed by atoms with Crippen molar-refractivity contribution in [1.29, 1.82) is 0 Å². The van der Waals surface area contributed by atoms with Crippen molar-refractivity contribution in [3.8, 4) is 0 Å². The van der Waals surface area contributed by atoms with Crippen LogP contribution in [0.4, 0.5) is 0 Å². The molecule has 0 spiro atoms. The molecule has 0 unspecified atom stereocenters. The van der Waals surface area contributed by atoms with E-state index in [1.165, 1.54) is 0 Å². The summed E-state index contributed by atoms with van der Waals surface area (Å²) in [6, 6.07) is 0. The first-order chi connectivity index (χ1) is 8.13. The number of rotatable bonds is 7. The summed E-state index contributed by atoms with van der Waals surface area (Å²) < 4.78 is 1.80. The molecule has 1 aromatic heterocycles. The van der Waals surface area contributed by atoms with Gasteiger partial charge in [0.2, 0.25) is 5.91 Å². The van der Waals surface area contributed by atoms with E-state index in [-0.39, 0.29) is 11.8 Å². The molecule has 1 heterocycles. The molecule has 1 amide bonds. The van der Waals surface area contributed by atoms with Crippen molar-refractivity contribution >= 4 is 5.91 Å². The molecule has 17 heavy (non-hydrogen) atoms. The maximum atomic E-state index is 11.3. The standard InChI is InChI=1S/C11H21N5O/c1-9(2)11(17)13-5-4-6-16-8-10(7-12-3)14-15-16/h8-9,12H,4-7H2,1-3H3,(H,13,17). The second kappa shape index (κ2) is 7.01. The molecule has 96 valence electrons. The van der Waals surface area contributed by atoms with E-state index in [9.17, 15) is 4.79 Å². The molecule has 2 N–H and O–H groups in total. The number of hydrogen-bond donors (Lipinski definition) is 2. The second-order valence-corrected chi connectivity index (χ2v) is 4.30. The number of aromatic nitrogens is 3. The molecule has 0 aromatic carbocycles. The fourth-order valence-electron chi connectivity index (χ4n) is 1.37. The van der Waals surface area contributed by atoms with E-state index in [2.05, 4.69) is 20.9 Å². The third-order valence-electron chi connectivity index (χ3n) is 2.33. The molecule has 0 saturated carbocycles. The summed E-state index contributed by atoms with van der Waals surface area (Å²) in [5.41, 5.74) is 0.929. The highest BCUT2D eigenvalue weighted by Crippen LogP contribution is 1.94. The van der Waals surface area contributed by atoms with Crippen molar-refractivity contribution in [2.45, 2.75) is 33.4 Å². The molecule has 0 bridgehead atoms. The lowest BCUT2D eigenvalue weighted by atomic mass is 10.2. The van der Waals surface area contributed by atoms with Gasteiger partial charge in [-0.25, -0.2) is 0 Å². The first-order valence-electron chi connectivity index (χ1n) is 5.94. The lowest BCUT2D eigenvalue weighted by Gasteiger charge is -2.06. The fourth-order valence-corrected chi connectivity index (χ4v) is 1.37. The zero-order valence-corrected chi connectivity index (χ0v) is 10.7. The van der Waals surface area contributed by atoms with E-state index in [0.717, 1.165) is 25.2 Å². The summed E-state index contributed by atoms with van der Waals surface area (Å²) in [7, 11) is 1.88. The normalized spacial score (nSPS) is 10.8. The number of aryl methyl sites for hydroxylation is 1. The molecule has 0 aliphatic heterocycles. The number of nitrogens with one attached hydrogen (secondary N) is 2. The van der Waals surface area contributed by atoms with Gasteiger partial charge in [-0.3, -0.25) is 9.48 Å². The van der Waals surface area contributed by atoms with E-state index >= 15 is 0 Å². The van der Waals surface area contributed by atoms with Crippen LogP contribution >= 0.6 is 0 Å². The van der Waals surface area contributed by atoms with Gasteiger partial charge in [-0.05, 0) is 13.5 Å². The highest BCUT2D eigenvalue weighted by molar-refractivity contribution is 5.77. The van der Waals surface area contributed by atoms with Crippen LogP contribution in [0, 0.1) is 5.92 Å². The van der Waals surface area contributed by atoms with Gasteiger partial charge in [0.1, 0.15) is 0 Å². The van der Waals surface area contributed by atoms with E-state index < -0.39 is 0 Å². The van der Waals surface area contributed by atoms with E-state index in [1.807, 2.05) is 27.1 Å². The molecule has 0 fully saturated rings. The van der Waals surface area contributed by atoms with Gasteiger partial charge in [0, 0.05) is 31.7 Å². The van der Waals surface area contributed by atoms with Crippen molar-refractivity contribution in [3.05, 3.63) is 11.9 Å². The first-order valence-corrected chi connectivity index (χ1v) is 5.94. The van der Waals surface area contributed by atoms with Crippen LogP contribution in [0.2, 0.25) is 0 Å². The highest BCUT2D eigenvalue weighted by Gasteiger charge is 2.05. The van der Waals surface area contributed by atoms with Gasteiger partial charge in [-0.2, -0.15) is 0 Å². The number of carbonyl (C=O) groups is 1. The number of amides is 1. The third kappa shape index (κ3) is 4.95. The van der Waals surface area contributed by atoms with Crippen LogP contribution in [-0.2, 0) is 17.9 Å². The topological polar surface area (TPSA) is 71.8 Å². The van der Waals surface area contributed by atoms with Crippen molar-refractivity contribution in [2.75, 3.05) is 13.6 Å². The second-order valence-electron chi connectivity index (χ2n) is 4.30. The Labute approximate surface area is 102 Å². The van der Waals surface area contributed by atoms with Crippen LogP contribution in [0.3, 0.4) is 0 Å². The average Bonchev–Trinajstić information content (AvgIpc) is 2.72. The third-order valence-corrected chi connectivity index (χ3v) is 2.33. The molecule has 1 rings (SSSR count). The van der Waals surface area contributed by atoms with E-state index in [4.69, 9.17) is 0 Å². The summed E-state index contributed by atoms with van der Waals surface area (Å²) in [4.78, 5) is 11.3.